The van der Waals surface area contributed by atoms with Crippen LogP contribution in [0, 0.1) is 0 Å². The fourth-order valence-corrected chi connectivity index (χ4v) is 2.99. The summed E-state index contributed by atoms with van der Waals surface area (Å²) in [4.78, 5) is 12.8. The highest BCUT2D eigenvalue weighted by Crippen LogP contribution is 2.32. The molecule has 0 atom stereocenters. The van der Waals surface area contributed by atoms with Gasteiger partial charge in [0.2, 0.25) is 15.9 Å². The molecule has 1 amide bonds. The summed E-state index contributed by atoms with van der Waals surface area (Å²) in [5, 5.41) is 2.74. The number of amides is 1. The van der Waals surface area contributed by atoms with E-state index in [4.69, 9.17) is 0 Å². The standard InChI is InChI=1S/C14H22N2O3S2/c1-14(2,3)20-12-7-5-11(6-8-12)16-13(17)9-10-15-21(4,18)19/h5-8,15H,9-10H2,1-4H3,(H,16,17). The quantitative estimate of drug-likeness (QED) is 0.786. The fraction of sp³-hybridized carbons (Fsp3) is 0.500. The number of nitrogens with one attached hydrogen (secondary N) is 2. The minimum atomic E-state index is -3.25. The Morgan fingerprint density at radius 1 is 1.19 bits per heavy atom. The smallest absolute Gasteiger partial charge is 0.225 e. The van der Waals surface area contributed by atoms with Crippen LogP contribution in [0.25, 0.3) is 0 Å². The van der Waals surface area contributed by atoms with Crippen molar-refractivity contribution in [2.24, 2.45) is 0 Å². The van der Waals surface area contributed by atoms with Gasteiger partial charge >= 0.3 is 0 Å². The van der Waals surface area contributed by atoms with Gasteiger partial charge in [0.05, 0.1) is 6.26 Å². The summed E-state index contributed by atoms with van der Waals surface area (Å²) in [7, 11) is -3.25. The average Bonchev–Trinajstić information content (AvgIpc) is 2.28. The Labute approximate surface area is 130 Å². The van der Waals surface area contributed by atoms with Crippen molar-refractivity contribution in [2.75, 3.05) is 18.1 Å². The normalized spacial score (nSPS) is 12.2. The lowest BCUT2D eigenvalue weighted by molar-refractivity contribution is -0.116. The number of carbonyl (C=O) groups is 1. The van der Waals surface area contributed by atoms with Crippen LogP contribution in [-0.2, 0) is 14.8 Å². The van der Waals surface area contributed by atoms with Crippen LogP contribution >= 0.6 is 11.8 Å². The van der Waals surface area contributed by atoms with Crippen molar-refractivity contribution in [2.45, 2.75) is 36.8 Å². The second kappa shape index (κ2) is 7.29. The molecule has 0 aliphatic carbocycles. The summed E-state index contributed by atoms with van der Waals surface area (Å²) in [6.45, 7) is 6.52. The molecule has 0 aliphatic heterocycles. The van der Waals surface area contributed by atoms with Gasteiger partial charge < -0.3 is 5.32 Å². The highest BCUT2D eigenvalue weighted by molar-refractivity contribution is 8.00. The van der Waals surface area contributed by atoms with Gasteiger partial charge in [0.15, 0.2) is 0 Å². The molecule has 0 saturated heterocycles. The fourth-order valence-electron chi connectivity index (χ4n) is 1.53. The molecule has 0 fully saturated rings. The number of benzene rings is 1. The topological polar surface area (TPSA) is 75.3 Å². The van der Waals surface area contributed by atoms with E-state index in [1.54, 1.807) is 11.8 Å². The SMILES string of the molecule is CC(C)(C)Sc1ccc(NC(=O)CCNS(C)(=O)=O)cc1. The van der Waals surface area contributed by atoms with E-state index in [9.17, 15) is 13.2 Å². The number of sulfonamides is 1. The van der Waals surface area contributed by atoms with Crippen LogP contribution in [-0.4, -0.2) is 31.9 Å². The Hall–Kier alpha value is -1.05. The third-order valence-corrected chi connectivity index (χ3v) is 4.13. The van der Waals surface area contributed by atoms with Gasteiger partial charge in [-0.05, 0) is 24.3 Å². The van der Waals surface area contributed by atoms with Gasteiger partial charge in [0.1, 0.15) is 0 Å². The molecule has 5 nitrogen and oxygen atoms in total. The number of hydrogen-bond acceptors (Lipinski definition) is 4. The van der Waals surface area contributed by atoms with E-state index in [0.29, 0.717) is 5.69 Å². The van der Waals surface area contributed by atoms with Crippen molar-refractivity contribution < 1.29 is 13.2 Å². The largest absolute Gasteiger partial charge is 0.326 e. The highest BCUT2D eigenvalue weighted by Gasteiger charge is 2.12. The summed E-state index contributed by atoms with van der Waals surface area (Å²) >= 11 is 1.76. The first-order chi connectivity index (χ1) is 9.55. The molecule has 0 saturated carbocycles. The van der Waals surface area contributed by atoms with Gasteiger partial charge in [0, 0.05) is 28.3 Å². The number of hydrogen-bond donors (Lipinski definition) is 2. The van der Waals surface area contributed by atoms with E-state index in [2.05, 4.69) is 30.8 Å². The Balaban J connectivity index is 2.46. The number of thioether (sulfide) groups is 1. The summed E-state index contributed by atoms with van der Waals surface area (Å²) in [6, 6.07) is 7.60. The molecule has 0 radical (unpaired) electrons. The van der Waals surface area contributed by atoms with Crippen LogP contribution in [0.3, 0.4) is 0 Å². The van der Waals surface area contributed by atoms with Crippen LogP contribution in [0.15, 0.2) is 29.2 Å². The molecule has 0 heterocycles. The summed E-state index contributed by atoms with van der Waals surface area (Å²) in [6.07, 6.45) is 1.17. The Morgan fingerprint density at radius 2 is 1.76 bits per heavy atom. The lowest BCUT2D eigenvalue weighted by atomic mass is 10.3. The van der Waals surface area contributed by atoms with Crippen LogP contribution in [0.5, 0.6) is 0 Å². The molecule has 21 heavy (non-hydrogen) atoms. The van der Waals surface area contributed by atoms with Crippen molar-refractivity contribution in [3.05, 3.63) is 24.3 Å². The Kier molecular flexibility index (Phi) is 6.24. The maximum atomic E-state index is 11.7. The zero-order chi connectivity index (χ0) is 16.1. The minimum Gasteiger partial charge on any atom is -0.326 e. The van der Waals surface area contributed by atoms with Gasteiger partial charge in [-0.1, -0.05) is 20.8 Å². The van der Waals surface area contributed by atoms with Crippen molar-refractivity contribution in [3.63, 3.8) is 0 Å². The van der Waals surface area contributed by atoms with Crippen LogP contribution in [0.1, 0.15) is 27.2 Å². The Morgan fingerprint density at radius 3 is 2.24 bits per heavy atom. The minimum absolute atomic E-state index is 0.0998. The molecule has 1 aromatic carbocycles. The van der Waals surface area contributed by atoms with Crippen LogP contribution in [0.4, 0.5) is 5.69 Å². The first-order valence-electron chi connectivity index (χ1n) is 6.59. The number of carbonyl (C=O) groups excluding carboxylic acids is 1. The number of rotatable bonds is 6. The van der Waals surface area contributed by atoms with E-state index in [0.717, 1.165) is 11.2 Å². The molecule has 0 unspecified atom stereocenters. The van der Waals surface area contributed by atoms with Gasteiger partial charge in [-0.2, -0.15) is 0 Å². The van der Waals surface area contributed by atoms with Crippen LogP contribution in [0.2, 0.25) is 0 Å². The van der Waals surface area contributed by atoms with E-state index in [1.807, 2.05) is 24.3 Å². The van der Waals surface area contributed by atoms with E-state index in [-0.39, 0.29) is 23.6 Å². The molecular weight excluding hydrogens is 308 g/mol. The lowest BCUT2D eigenvalue weighted by Gasteiger charge is -2.17. The van der Waals surface area contributed by atoms with E-state index < -0.39 is 10.0 Å². The first kappa shape index (κ1) is 18.0. The zero-order valence-electron chi connectivity index (χ0n) is 12.8. The molecule has 0 spiro atoms. The maximum absolute atomic E-state index is 11.7. The first-order valence-corrected chi connectivity index (χ1v) is 9.29. The van der Waals surface area contributed by atoms with Gasteiger partial charge in [0.25, 0.3) is 0 Å². The molecule has 0 aromatic heterocycles. The monoisotopic (exact) mass is 330 g/mol. The van der Waals surface area contributed by atoms with E-state index in [1.165, 1.54) is 0 Å². The predicted molar refractivity (Wildman–Crippen MR) is 88.1 cm³/mol. The molecule has 1 aromatic rings. The third-order valence-electron chi connectivity index (χ3n) is 2.28. The average molecular weight is 330 g/mol. The molecule has 0 aliphatic rings. The van der Waals surface area contributed by atoms with Gasteiger partial charge in [-0.15, -0.1) is 11.8 Å². The van der Waals surface area contributed by atoms with Crippen molar-refractivity contribution in [1.29, 1.82) is 0 Å². The van der Waals surface area contributed by atoms with E-state index >= 15 is 0 Å². The zero-order valence-corrected chi connectivity index (χ0v) is 14.4. The lowest BCUT2D eigenvalue weighted by Crippen LogP contribution is -2.26. The Bertz CT molecular complexity index is 575. The second-order valence-corrected chi connectivity index (χ2v) is 9.44. The molecule has 0 bridgehead atoms. The summed E-state index contributed by atoms with van der Waals surface area (Å²) < 4.78 is 24.2. The van der Waals surface area contributed by atoms with Crippen molar-refractivity contribution in [3.8, 4) is 0 Å². The second-order valence-electron chi connectivity index (χ2n) is 5.70. The molecule has 1 rings (SSSR count). The summed E-state index contributed by atoms with van der Waals surface area (Å²) in [5.74, 6) is -0.220. The number of anilines is 1. The van der Waals surface area contributed by atoms with Crippen molar-refractivity contribution >= 4 is 33.4 Å². The molecular formula is C14H22N2O3S2. The molecule has 7 heteroatoms. The van der Waals surface area contributed by atoms with Gasteiger partial charge in [-0.3, -0.25) is 4.79 Å². The highest BCUT2D eigenvalue weighted by atomic mass is 32.2. The summed E-state index contributed by atoms with van der Waals surface area (Å²) in [5.41, 5.74) is 0.706. The molecule has 118 valence electrons. The molecule has 2 N–H and O–H groups in total. The maximum Gasteiger partial charge on any atom is 0.225 e. The van der Waals surface area contributed by atoms with Gasteiger partial charge in [-0.25, -0.2) is 13.1 Å². The van der Waals surface area contributed by atoms with Crippen molar-refractivity contribution in [1.82, 2.24) is 4.72 Å². The van der Waals surface area contributed by atoms with Crippen LogP contribution < -0.4 is 10.0 Å². The third kappa shape index (κ3) is 8.75. The predicted octanol–water partition coefficient (Wildman–Crippen LogP) is 2.46.